The molecule has 1 saturated heterocycles. The van der Waals surface area contributed by atoms with Crippen LogP contribution in [-0.4, -0.2) is 35.5 Å². The number of carbonyl (C=O) groups is 1. The van der Waals surface area contributed by atoms with Gasteiger partial charge in [0.25, 0.3) is 0 Å². The minimum atomic E-state index is -0.467. The zero-order chi connectivity index (χ0) is 15.0. The van der Waals surface area contributed by atoms with Crippen LogP contribution in [0.1, 0.15) is 35.2 Å². The fourth-order valence-corrected chi connectivity index (χ4v) is 3.04. The third-order valence-corrected chi connectivity index (χ3v) is 4.44. The summed E-state index contributed by atoms with van der Waals surface area (Å²) < 4.78 is 11.2. The van der Waals surface area contributed by atoms with Gasteiger partial charge in [0.2, 0.25) is 0 Å². The highest BCUT2D eigenvalue weighted by molar-refractivity contribution is 5.89. The Morgan fingerprint density at radius 3 is 2.81 bits per heavy atom. The summed E-state index contributed by atoms with van der Waals surface area (Å²) in [6, 6.07) is 7.35. The van der Waals surface area contributed by atoms with Gasteiger partial charge in [0, 0.05) is 6.42 Å². The molecule has 3 rings (SSSR count). The smallest absolute Gasteiger partial charge is 0.338 e. The summed E-state index contributed by atoms with van der Waals surface area (Å²) in [5.41, 5.74) is 2.21. The summed E-state index contributed by atoms with van der Waals surface area (Å²) in [4.78, 5) is 12.2. The van der Waals surface area contributed by atoms with Gasteiger partial charge in [0.05, 0.1) is 12.2 Å². The number of ether oxygens (including phenoxy) is 2. The van der Waals surface area contributed by atoms with Crippen molar-refractivity contribution in [3.63, 3.8) is 0 Å². The second kappa shape index (κ2) is 5.28. The standard InChI is InChI=1S/C17H20O4/c1-11-3-6-13(7-4-11)16(19)20-14-8-5-12(2)17(9-14)15(10-18)21-17/h3-4,6-7,14-15,18H,2,5,8-10H2,1H3. The van der Waals surface area contributed by atoms with Gasteiger partial charge in [-0.2, -0.15) is 0 Å². The SMILES string of the molecule is C=C1CCC(OC(=O)c2ccc(C)cc2)CC12OC2CO. The molecule has 112 valence electrons. The van der Waals surface area contributed by atoms with Crippen molar-refractivity contribution >= 4 is 5.97 Å². The van der Waals surface area contributed by atoms with Crippen LogP contribution in [0.3, 0.4) is 0 Å². The predicted molar refractivity (Wildman–Crippen MR) is 78.1 cm³/mol. The lowest BCUT2D eigenvalue weighted by Gasteiger charge is -2.29. The third kappa shape index (κ3) is 2.61. The van der Waals surface area contributed by atoms with Gasteiger partial charge in [0.1, 0.15) is 17.8 Å². The summed E-state index contributed by atoms with van der Waals surface area (Å²) in [6.45, 7) is 5.99. The molecular formula is C17H20O4. The van der Waals surface area contributed by atoms with E-state index in [-0.39, 0.29) is 24.8 Å². The largest absolute Gasteiger partial charge is 0.459 e. The topological polar surface area (TPSA) is 59.1 Å². The Labute approximate surface area is 124 Å². The number of esters is 1. The van der Waals surface area contributed by atoms with Crippen molar-refractivity contribution in [2.45, 2.75) is 44.0 Å². The maximum absolute atomic E-state index is 12.2. The zero-order valence-corrected chi connectivity index (χ0v) is 12.2. The van der Waals surface area contributed by atoms with E-state index in [0.29, 0.717) is 12.0 Å². The second-order valence-electron chi connectivity index (χ2n) is 5.92. The van der Waals surface area contributed by atoms with E-state index in [0.717, 1.165) is 24.0 Å². The van der Waals surface area contributed by atoms with Gasteiger partial charge in [-0.3, -0.25) is 0 Å². The van der Waals surface area contributed by atoms with Crippen molar-refractivity contribution in [3.05, 3.63) is 47.5 Å². The fourth-order valence-electron chi connectivity index (χ4n) is 3.04. The molecule has 21 heavy (non-hydrogen) atoms. The van der Waals surface area contributed by atoms with E-state index in [2.05, 4.69) is 6.58 Å². The Kier molecular flexibility index (Phi) is 3.59. The number of hydrogen-bond donors (Lipinski definition) is 1. The van der Waals surface area contributed by atoms with E-state index in [1.54, 1.807) is 12.1 Å². The first-order valence-electron chi connectivity index (χ1n) is 7.30. The number of aliphatic hydroxyl groups excluding tert-OH is 1. The number of hydrogen-bond acceptors (Lipinski definition) is 4. The van der Waals surface area contributed by atoms with Gasteiger partial charge < -0.3 is 14.6 Å². The number of rotatable bonds is 3. The number of epoxide rings is 1. The van der Waals surface area contributed by atoms with Gasteiger partial charge in [-0.25, -0.2) is 4.79 Å². The monoisotopic (exact) mass is 288 g/mol. The fraction of sp³-hybridized carbons (Fsp3) is 0.471. The molecule has 3 unspecified atom stereocenters. The number of carbonyl (C=O) groups excluding carboxylic acids is 1. The molecule has 2 aliphatic rings. The van der Waals surface area contributed by atoms with Gasteiger partial charge in [-0.15, -0.1) is 0 Å². The number of aryl methyl sites for hydroxylation is 1. The molecule has 2 fully saturated rings. The summed E-state index contributed by atoms with van der Waals surface area (Å²) >= 11 is 0. The minimum Gasteiger partial charge on any atom is -0.459 e. The van der Waals surface area contributed by atoms with E-state index >= 15 is 0 Å². The van der Waals surface area contributed by atoms with Crippen LogP contribution in [0.4, 0.5) is 0 Å². The Morgan fingerprint density at radius 1 is 1.48 bits per heavy atom. The van der Waals surface area contributed by atoms with E-state index in [9.17, 15) is 9.90 Å². The summed E-state index contributed by atoms with van der Waals surface area (Å²) in [6.07, 6.45) is 1.75. The lowest BCUT2D eigenvalue weighted by Crippen LogP contribution is -2.34. The Hall–Kier alpha value is -1.65. The molecule has 1 aromatic carbocycles. The Bertz CT molecular complexity index is 563. The Balaban J connectivity index is 1.64. The molecule has 1 aliphatic heterocycles. The van der Waals surface area contributed by atoms with Crippen LogP contribution in [0.2, 0.25) is 0 Å². The second-order valence-corrected chi connectivity index (χ2v) is 5.92. The first kappa shape index (κ1) is 14.3. The molecule has 1 aromatic rings. The van der Waals surface area contributed by atoms with Crippen molar-refractivity contribution in [2.24, 2.45) is 0 Å². The van der Waals surface area contributed by atoms with E-state index in [1.165, 1.54) is 0 Å². The zero-order valence-electron chi connectivity index (χ0n) is 12.2. The molecule has 0 amide bonds. The van der Waals surface area contributed by atoms with Crippen LogP contribution in [0, 0.1) is 6.92 Å². The van der Waals surface area contributed by atoms with E-state index in [1.807, 2.05) is 19.1 Å². The number of aliphatic hydroxyl groups is 1. The predicted octanol–water partition coefficient (Wildman–Crippen LogP) is 2.39. The molecule has 4 nitrogen and oxygen atoms in total. The average molecular weight is 288 g/mol. The van der Waals surface area contributed by atoms with Crippen LogP contribution in [0.25, 0.3) is 0 Å². The van der Waals surface area contributed by atoms with Crippen molar-refractivity contribution in [1.29, 1.82) is 0 Å². The number of benzene rings is 1. The molecule has 1 heterocycles. The van der Waals surface area contributed by atoms with Crippen LogP contribution in [0.15, 0.2) is 36.4 Å². The average Bonchev–Trinajstić information content (AvgIpc) is 3.18. The van der Waals surface area contributed by atoms with Crippen molar-refractivity contribution in [2.75, 3.05) is 6.61 Å². The molecule has 1 saturated carbocycles. The summed E-state index contributed by atoms with van der Waals surface area (Å²) in [5.74, 6) is -0.302. The molecule has 4 heteroatoms. The maximum Gasteiger partial charge on any atom is 0.338 e. The van der Waals surface area contributed by atoms with Crippen molar-refractivity contribution < 1.29 is 19.4 Å². The van der Waals surface area contributed by atoms with Crippen LogP contribution < -0.4 is 0 Å². The van der Waals surface area contributed by atoms with Gasteiger partial charge >= 0.3 is 5.97 Å². The molecular weight excluding hydrogens is 268 g/mol. The molecule has 1 N–H and O–H groups in total. The van der Waals surface area contributed by atoms with Crippen LogP contribution in [0.5, 0.6) is 0 Å². The lowest BCUT2D eigenvalue weighted by molar-refractivity contribution is 0.0168. The Morgan fingerprint density at radius 2 is 2.19 bits per heavy atom. The van der Waals surface area contributed by atoms with Crippen molar-refractivity contribution in [1.82, 2.24) is 0 Å². The summed E-state index contributed by atoms with van der Waals surface area (Å²) in [7, 11) is 0. The van der Waals surface area contributed by atoms with E-state index < -0.39 is 5.60 Å². The molecule has 1 aliphatic carbocycles. The third-order valence-electron chi connectivity index (χ3n) is 4.44. The normalized spacial score (nSPS) is 31.2. The quantitative estimate of drug-likeness (QED) is 0.527. The van der Waals surface area contributed by atoms with E-state index in [4.69, 9.17) is 9.47 Å². The molecule has 1 spiro atoms. The van der Waals surface area contributed by atoms with Crippen molar-refractivity contribution in [3.8, 4) is 0 Å². The first-order chi connectivity index (χ1) is 10.0. The molecule has 0 radical (unpaired) electrons. The lowest BCUT2D eigenvalue weighted by atomic mass is 9.81. The first-order valence-corrected chi connectivity index (χ1v) is 7.30. The highest BCUT2D eigenvalue weighted by atomic mass is 16.6. The van der Waals surface area contributed by atoms with Crippen LogP contribution in [-0.2, 0) is 9.47 Å². The highest BCUT2D eigenvalue weighted by Crippen LogP contribution is 2.51. The summed E-state index contributed by atoms with van der Waals surface area (Å²) in [5, 5.41) is 9.24. The molecule has 3 atom stereocenters. The minimum absolute atomic E-state index is 0.0162. The van der Waals surface area contributed by atoms with Gasteiger partial charge in [0.15, 0.2) is 0 Å². The molecule has 0 aromatic heterocycles. The maximum atomic E-state index is 12.2. The van der Waals surface area contributed by atoms with Gasteiger partial charge in [-0.05, 0) is 37.5 Å². The highest BCUT2D eigenvalue weighted by Gasteiger charge is 2.60. The molecule has 0 bridgehead atoms. The van der Waals surface area contributed by atoms with Crippen LogP contribution >= 0.6 is 0 Å². The van der Waals surface area contributed by atoms with Gasteiger partial charge in [-0.1, -0.05) is 24.3 Å².